The molecule has 1 aromatic heterocycles. The van der Waals surface area contributed by atoms with Crippen molar-refractivity contribution in [3.63, 3.8) is 0 Å². The largest absolute Gasteiger partial charge is 0.444 e. The Hall–Kier alpha value is -3.43. The smallest absolute Gasteiger partial charge is 0.410 e. The third-order valence-corrected chi connectivity index (χ3v) is 6.01. The molecule has 0 spiro atoms. The highest BCUT2D eigenvalue weighted by Gasteiger charge is 2.30. The van der Waals surface area contributed by atoms with Gasteiger partial charge in [-0.25, -0.2) is 4.79 Å². The molecule has 3 heterocycles. The summed E-state index contributed by atoms with van der Waals surface area (Å²) in [6.07, 6.45) is 2.94. The summed E-state index contributed by atoms with van der Waals surface area (Å²) >= 11 is 0. The first kappa shape index (κ1) is 23.7. The molecule has 0 atom stereocenters. The predicted octanol–water partition coefficient (Wildman–Crippen LogP) is 3.08. The van der Waals surface area contributed by atoms with Crippen LogP contribution in [0.4, 0.5) is 10.5 Å². The molecule has 2 N–H and O–H groups in total. The van der Waals surface area contributed by atoms with Crippen molar-refractivity contribution in [2.45, 2.75) is 58.1 Å². The van der Waals surface area contributed by atoms with E-state index in [1.807, 2.05) is 39.0 Å². The van der Waals surface area contributed by atoms with Crippen molar-refractivity contribution in [2.75, 3.05) is 31.9 Å². The molecule has 0 aliphatic carbocycles. The van der Waals surface area contributed by atoms with Gasteiger partial charge in [-0.1, -0.05) is 17.3 Å². The number of aromatic nitrogens is 2. The highest BCUT2D eigenvalue weighted by Crippen LogP contribution is 2.30. The summed E-state index contributed by atoms with van der Waals surface area (Å²) in [5, 5.41) is 4.14. The quantitative estimate of drug-likeness (QED) is 0.539. The Kier molecular flexibility index (Phi) is 6.58. The van der Waals surface area contributed by atoms with Crippen LogP contribution in [0.1, 0.15) is 57.9 Å². The van der Waals surface area contributed by atoms with Gasteiger partial charge in [-0.2, -0.15) is 4.98 Å². The lowest BCUT2D eigenvalue weighted by Crippen LogP contribution is -2.51. The highest BCUT2D eigenvalue weighted by atomic mass is 16.6. The number of piperidine rings is 1. The maximum absolute atomic E-state index is 12.3. The zero-order valence-corrected chi connectivity index (χ0v) is 20.2. The summed E-state index contributed by atoms with van der Waals surface area (Å²) in [4.78, 5) is 36.1. The van der Waals surface area contributed by atoms with E-state index in [2.05, 4.69) is 15.1 Å². The van der Waals surface area contributed by atoms with Crippen LogP contribution in [-0.4, -0.2) is 76.0 Å². The number of rotatable bonds is 4. The highest BCUT2D eigenvalue weighted by molar-refractivity contribution is 5.88. The molecule has 2 fully saturated rings. The van der Waals surface area contributed by atoms with Crippen LogP contribution < -0.4 is 5.73 Å². The standard InChI is InChI=1S/C24H32N6O4/c1-15(31)30-13-19(14-30)26-12-18-6-5-17(11-20(18)25)21-27-22(34-28-21)16-7-9-29(10-8-16)23(32)33-24(2,3)4/h5-6,11-12,16,19H,7-10,13-14,25H2,1-4H3. The number of carbonyl (C=O) groups excluding carboxylic acids is 2. The second-order valence-electron chi connectivity index (χ2n) is 9.90. The first-order valence-electron chi connectivity index (χ1n) is 11.6. The molecule has 0 saturated carbocycles. The summed E-state index contributed by atoms with van der Waals surface area (Å²) < 4.78 is 11.0. The summed E-state index contributed by atoms with van der Waals surface area (Å²) in [6, 6.07) is 5.69. The van der Waals surface area contributed by atoms with E-state index in [-0.39, 0.29) is 24.0 Å². The van der Waals surface area contributed by atoms with E-state index < -0.39 is 5.60 Å². The number of hydrogen-bond donors (Lipinski definition) is 1. The molecule has 2 amide bonds. The van der Waals surface area contributed by atoms with Crippen LogP contribution in [0.15, 0.2) is 27.7 Å². The lowest BCUT2D eigenvalue weighted by Gasteiger charge is -2.35. The van der Waals surface area contributed by atoms with Crippen molar-refractivity contribution in [2.24, 2.45) is 4.99 Å². The number of nitrogens with two attached hydrogens (primary N) is 1. The Morgan fingerprint density at radius 2 is 1.91 bits per heavy atom. The Morgan fingerprint density at radius 1 is 1.21 bits per heavy atom. The van der Waals surface area contributed by atoms with Crippen molar-refractivity contribution in [1.29, 1.82) is 0 Å². The minimum Gasteiger partial charge on any atom is -0.444 e. The predicted molar refractivity (Wildman–Crippen MR) is 128 cm³/mol. The van der Waals surface area contributed by atoms with Crippen molar-refractivity contribution in [3.8, 4) is 11.4 Å². The fourth-order valence-corrected chi connectivity index (χ4v) is 3.98. The molecule has 4 rings (SSSR count). The molecular formula is C24H32N6O4. The normalized spacial score (nSPS) is 17.8. The fraction of sp³-hybridized carbons (Fsp3) is 0.542. The third-order valence-electron chi connectivity index (χ3n) is 6.01. The van der Waals surface area contributed by atoms with Gasteiger partial charge in [0, 0.05) is 62.0 Å². The Bertz CT molecular complexity index is 1080. The molecule has 34 heavy (non-hydrogen) atoms. The van der Waals surface area contributed by atoms with Gasteiger partial charge in [-0.3, -0.25) is 9.79 Å². The number of likely N-dealkylation sites (tertiary alicyclic amines) is 2. The SMILES string of the molecule is CC(=O)N1CC(N=Cc2ccc(-c3noc(C4CCN(C(=O)OC(C)(C)C)CC4)n3)cc2N)C1. The molecule has 1 aromatic carbocycles. The molecule has 2 aromatic rings. The van der Waals surface area contributed by atoms with E-state index in [0.717, 1.165) is 24.0 Å². The number of nitrogens with zero attached hydrogens (tertiary/aromatic N) is 5. The van der Waals surface area contributed by atoms with Crippen molar-refractivity contribution in [1.82, 2.24) is 19.9 Å². The van der Waals surface area contributed by atoms with Crippen LogP contribution in [0.2, 0.25) is 0 Å². The number of aliphatic imine (C=N–C) groups is 1. The minimum atomic E-state index is -0.507. The van der Waals surface area contributed by atoms with Crippen LogP contribution in [0.25, 0.3) is 11.4 Å². The van der Waals surface area contributed by atoms with Gasteiger partial charge in [0.2, 0.25) is 17.6 Å². The van der Waals surface area contributed by atoms with Gasteiger partial charge >= 0.3 is 6.09 Å². The van der Waals surface area contributed by atoms with Crippen molar-refractivity contribution >= 4 is 23.9 Å². The number of anilines is 1. The average molecular weight is 469 g/mol. The number of ether oxygens (including phenoxy) is 1. The maximum Gasteiger partial charge on any atom is 0.410 e. The second-order valence-corrected chi connectivity index (χ2v) is 9.90. The summed E-state index contributed by atoms with van der Waals surface area (Å²) in [7, 11) is 0. The summed E-state index contributed by atoms with van der Waals surface area (Å²) in [5.74, 6) is 1.23. The van der Waals surface area contributed by atoms with Crippen LogP contribution in [-0.2, 0) is 9.53 Å². The topological polar surface area (TPSA) is 127 Å². The monoisotopic (exact) mass is 468 g/mol. The number of amides is 2. The molecule has 0 bridgehead atoms. The van der Waals surface area contributed by atoms with E-state index in [9.17, 15) is 9.59 Å². The number of benzene rings is 1. The first-order chi connectivity index (χ1) is 16.1. The van der Waals surface area contributed by atoms with Gasteiger partial charge in [0.15, 0.2) is 0 Å². The van der Waals surface area contributed by atoms with Gasteiger partial charge in [0.05, 0.1) is 6.04 Å². The molecular weight excluding hydrogens is 436 g/mol. The number of hydrogen-bond acceptors (Lipinski definition) is 8. The molecule has 0 unspecified atom stereocenters. The summed E-state index contributed by atoms with van der Waals surface area (Å²) in [6.45, 7) is 9.61. The summed E-state index contributed by atoms with van der Waals surface area (Å²) in [5.41, 5.74) is 7.86. The average Bonchev–Trinajstić information content (AvgIpc) is 3.22. The van der Waals surface area contributed by atoms with Crippen LogP contribution >= 0.6 is 0 Å². The van der Waals surface area contributed by atoms with E-state index >= 15 is 0 Å². The molecule has 10 heteroatoms. The van der Waals surface area contributed by atoms with Crippen LogP contribution in [0.3, 0.4) is 0 Å². The number of carbonyl (C=O) groups is 2. The Labute approximate surface area is 199 Å². The Balaban J connectivity index is 1.34. The first-order valence-corrected chi connectivity index (χ1v) is 11.6. The van der Waals surface area contributed by atoms with Gasteiger partial charge in [-0.05, 0) is 39.7 Å². The minimum absolute atomic E-state index is 0.0726. The van der Waals surface area contributed by atoms with E-state index in [1.54, 1.807) is 22.9 Å². The zero-order valence-electron chi connectivity index (χ0n) is 20.2. The van der Waals surface area contributed by atoms with Crippen molar-refractivity contribution in [3.05, 3.63) is 29.7 Å². The molecule has 2 saturated heterocycles. The van der Waals surface area contributed by atoms with Gasteiger partial charge in [0.25, 0.3) is 0 Å². The second kappa shape index (κ2) is 9.44. The number of nitrogen functional groups attached to an aromatic ring is 1. The van der Waals surface area contributed by atoms with E-state index in [0.29, 0.717) is 43.6 Å². The van der Waals surface area contributed by atoms with Crippen LogP contribution in [0, 0.1) is 0 Å². The molecule has 2 aliphatic heterocycles. The van der Waals surface area contributed by atoms with E-state index in [1.165, 1.54) is 0 Å². The zero-order chi connectivity index (χ0) is 24.5. The van der Waals surface area contributed by atoms with Gasteiger partial charge < -0.3 is 24.8 Å². The van der Waals surface area contributed by atoms with E-state index in [4.69, 9.17) is 15.0 Å². The van der Waals surface area contributed by atoms with Crippen molar-refractivity contribution < 1.29 is 18.8 Å². The van der Waals surface area contributed by atoms with Gasteiger partial charge in [-0.15, -0.1) is 0 Å². The lowest BCUT2D eigenvalue weighted by atomic mass is 9.97. The third kappa shape index (κ3) is 5.55. The molecule has 182 valence electrons. The molecule has 2 aliphatic rings. The molecule has 0 radical (unpaired) electrons. The Morgan fingerprint density at radius 3 is 2.53 bits per heavy atom. The van der Waals surface area contributed by atoms with Gasteiger partial charge in [0.1, 0.15) is 5.60 Å². The van der Waals surface area contributed by atoms with Crippen LogP contribution in [0.5, 0.6) is 0 Å². The molecule has 10 nitrogen and oxygen atoms in total. The fourth-order valence-electron chi connectivity index (χ4n) is 3.98. The lowest BCUT2D eigenvalue weighted by molar-refractivity contribution is -0.132. The maximum atomic E-state index is 12.3.